The molecule has 1 fully saturated rings. The van der Waals surface area contributed by atoms with E-state index >= 15 is 0 Å². The molecule has 0 saturated carbocycles. The third kappa shape index (κ3) is 6.23. The Morgan fingerprint density at radius 2 is 2.21 bits per heavy atom. The van der Waals surface area contributed by atoms with Gasteiger partial charge in [-0.05, 0) is 31.6 Å². The molecule has 7 heteroatoms. The molecular formula is C17H32IN5O. The highest BCUT2D eigenvalue weighted by atomic mass is 127. The van der Waals surface area contributed by atoms with Crippen LogP contribution in [-0.4, -0.2) is 60.8 Å². The zero-order chi connectivity index (χ0) is 16.5. The lowest BCUT2D eigenvalue weighted by atomic mass is 9.93. The van der Waals surface area contributed by atoms with Crippen molar-refractivity contribution in [3.8, 4) is 0 Å². The molecule has 0 radical (unpaired) electrons. The van der Waals surface area contributed by atoms with Crippen LogP contribution in [0.25, 0.3) is 0 Å². The van der Waals surface area contributed by atoms with Gasteiger partial charge in [-0.25, -0.2) is 4.98 Å². The number of unbranched alkanes of at least 4 members (excludes halogenated alkanes) is 2. The van der Waals surface area contributed by atoms with Crippen LogP contribution in [0.3, 0.4) is 0 Å². The molecular weight excluding hydrogens is 417 g/mol. The maximum atomic E-state index is 5.08. The van der Waals surface area contributed by atoms with E-state index in [4.69, 9.17) is 4.74 Å². The number of hydrogen-bond acceptors (Lipinski definition) is 3. The zero-order valence-electron chi connectivity index (χ0n) is 15.1. The third-order valence-corrected chi connectivity index (χ3v) is 4.65. The number of nitrogens with one attached hydrogen (secondary N) is 1. The van der Waals surface area contributed by atoms with Gasteiger partial charge >= 0.3 is 0 Å². The molecule has 24 heavy (non-hydrogen) atoms. The van der Waals surface area contributed by atoms with E-state index in [1.54, 1.807) is 7.11 Å². The van der Waals surface area contributed by atoms with Crippen molar-refractivity contribution in [2.45, 2.75) is 38.6 Å². The van der Waals surface area contributed by atoms with Crippen LogP contribution in [0.5, 0.6) is 0 Å². The van der Waals surface area contributed by atoms with E-state index in [2.05, 4.69) is 37.9 Å². The highest BCUT2D eigenvalue weighted by molar-refractivity contribution is 14.0. The van der Waals surface area contributed by atoms with E-state index in [1.165, 1.54) is 12.8 Å². The van der Waals surface area contributed by atoms with Crippen LogP contribution < -0.4 is 5.32 Å². The van der Waals surface area contributed by atoms with Crippen LogP contribution in [0.4, 0.5) is 0 Å². The summed E-state index contributed by atoms with van der Waals surface area (Å²) in [6.07, 6.45) is 10.5. The lowest BCUT2D eigenvalue weighted by Gasteiger charge is -2.39. The second-order valence-corrected chi connectivity index (χ2v) is 6.32. The minimum atomic E-state index is 0. The smallest absolute Gasteiger partial charge is 0.193 e. The molecule has 138 valence electrons. The molecule has 0 aliphatic carbocycles. The molecule has 1 aromatic heterocycles. The van der Waals surface area contributed by atoms with Crippen LogP contribution >= 0.6 is 24.0 Å². The number of piperidine rings is 1. The first-order valence-electron chi connectivity index (χ1n) is 8.68. The number of halogens is 1. The van der Waals surface area contributed by atoms with Gasteiger partial charge in [0, 0.05) is 52.8 Å². The van der Waals surface area contributed by atoms with Gasteiger partial charge in [0.25, 0.3) is 0 Å². The number of guanidine groups is 1. The topological polar surface area (TPSA) is 54.7 Å². The Hall–Kier alpha value is -0.830. The minimum Gasteiger partial charge on any atom is -0.385 e. The second kappa shape index (κ2) is 11.7. The number of aliphatic imine (C=N–C) groups is 1. The third-order valence-electron chi connectivity index (χ3n) is 4.65. The van der Waals surface area contributed by atoms with Gasteiger partial charge in [-0.3, -0.25) is 4.99 Å². The molecule has 0 amide bonds. The Morgan fingerprint density at radius 1 is 1.38 bits per heavy atom. The van der Waals surface area contributed by atoms with Crippen molar-refractivity contribution in [1.29, 1.82) is 0 Å². The fraction of sp³-hybridized carbons (Fsp3) is 0.765. The minimum absolute atomic E-state index is 0. The molecule has 2 heterocycles. The predicted molar refractivity (Wildman–Crippen MR) is 109 cm³/mol. The largest absolute Gasteiger partial charge is 0.385 e. The van der Waals surface area contributed by atoms with Crippen LogP contribution in [0.15, 0.2) is 23.7 Å². The average Bonchev–Trinajstić information content (AvgIpc) is 3.09. The SMILES string of the molecule is CN=C(NCCCCCOC)N1CCC(C)C(n2ccnc2)C1.I. The molecule has 2 unspecified atom stereocenters. The Bertz CT molecular complexity index is 466. The zero-order valence-corrected chi connectivity index (χ0v) is 17.5. The van der Waals surface area contributed by atoms with Crippen molar-refractivity contribution in [3.05, 3.63) is 18.7 Å². The first-order valence-corrected chi connectivity index (χ1v) is 8.68. The van der Waals surface area contributed by atoms with Gasteiger partial charge < -0.3 is 19.5 Å². The van der Waals surface area contributed by atoms with Gasteiger partial charge in [0.1, 0.15) is 0 Å². The highest BCUT2D eigenvalue weighted by Gasteiger charge is 2.28. The quantitative estimate of drug-likeness (QED) is 0.301. The summed E-state index contributed by atoms with van der Waals surface area (Å²) in [6.45, 7) is 6.20. The van der Waals surface area contributed by atoms with E-state index in [-0.39, 0.29) is 24.0 Å². The van der Waals surface area contributed by atoms with Crippen LogP contribution in [0, 0.1) is 5.92 Å². The average molecular weight is 449 g/mol. The van der Waals surface area contributed by atoms with Gasteiger partial charge in [0.2, 0.25) is 0 Å². The van der Waals surface area contributed by atoms with Gasteiger partial charge in [-0.15, -0.1) is 24.0 Å². The van der Waals surface area contributed by atoms with E-state index in [0.717, 1.165) is 45.0 Å². The molecule has 2 atom stereocenters. The number of imidazole rings is 1. The van der Waals surface area contributed by atoms with E-state index in [9.17, 15) is 0 Å². The van der Waals surface area contributed by atoms with E-state index in [0.29, 0.717) is 12.0 Å². The lowest BCUT2D eigenvalue weighted by Crippen LogP contribution is -2.49. The number of nitrogens with zero attached hydrogens (tertiary/aromatic N) is 4. The molecule has 1 aliphatic heterocycles. The summed E-state index contributed by atoms with van der Waals surface area (Å²) >= 11 is 0. The molecule has 6 nitrogen and oxygen atoms in total. The van der Waals surface area contributed by atoms with Crippen molar-refractivity contribution in [2.75, 3.05) is 40.4 Å². The van der Waals surface area contributed by atoms with Gasteiger partial charge in [0.05, 0.1) is 12.4 Å². The second-order valence-electron chi connectivity index (χ2n) is 6.32. The summed E-state index contributed by atoms with van der Waals surface area (Å²) in [5.41, 5.74) is 0. The molecule has 1 saturated heterocycles. The van der Waals surface area contributed by atoms with Gasteiger partial charge in [0.15, 0.2) is 5.96 Å². The number of methoxy groups -OCH3 is 1. The summed E-state index contributed by atoms with van der Waals surface area (Å²) in [5, 5.41) is 3.51. The van der Waals surface area contributed by atoms with Crippen LogP contribution in [-0.2, 0) is 4.74 Å². The Labute approximate surface area is 163 Å². The number of likely N-dealkylation sites (tertiary alicyclic amines) is 1. The van der Waals surface area contributed by atoms with Crippen LogP contribution in [0.1, 0.15) is 38.6 Å². The summed E-state index contributed by atoms with van der Waals surface area (Å²) in [4.78, 5) is 11.0. The lowest BCUT2D eigenvalue weighted by molar-refractivity contribution is 0.188. The van der Waals surface area contributed by atoms with E-state index < -0.39 is 0 Å². The first-order chi connectivity index (χ1) is 11.3. The van der Waals surface area contributed by atoms with Crippen molar-refractivity contribution < 1.29 is 4.74 Å². The summed E-state index contributed by atoms with van der Waals surface area (Å²) in [7, 11) is 3.63. The van der Waals surface area contributed by atoms with Gasteiger partial charge in [-0.2, -0.15) is 0 Å². The molecule has 1 aromatic rings. The fourth-order valence-corrected chi connectivity index (χ4v) is 3.18. The normalized spacial score (nSPS) is 21.5. The van der Waals surface area contributed by atoms with Crippen molar-refractivity contribution in [2.24, 2.45) is 10.9 Å². The maximum absolute atomic E-state index is 5.08. The summed E-state index contributed by atoms with van der Waals surface area (Å²) in [5.74, 6) is 1.68. The molecule has 0 bridgehead atoms. The van der Waals surface area contributed by atoms with Crippen molar-refractivity contribution in [1.82, 2.24) is 19.8 Å². The number of hydrogen-bond donors (Lipinski definition) is 1. The Kier molecular flexibility index (Phi) is 10.3. The first kappa shape index (κ1) is 21.2. The standard InChI is InChI=1S/C17H31N5O.HI/c1-15-7-10-21(13-16(15)22-11-9-19-14-22)17(18-2)20-8-5-4-6-12-23-3;/h9,11,14-16H,4-8,10,12-13H2,1-3H3,(H,18,20);1H. The van der Waals surface area contributed by atoms with Crippen molar-refractivity contribution in [3.63, 3.8) is 0 Å². The highest BCUT2D eigenvalue weighted by Crippen LogP contribution is 2.27. The molecule has 2 rings (SSSR count). The summed E-state index contributed by atoms with van der Waals surface area (Å²) < 4.78 is 7.31. The Morgan fingerprint density at radius 3 is 2.88 bits per heavy atom. The number of rotatable bonds is 7. The maximum Gasteiger partial charge on any atom is 0.193 e. The molecule has 0 aromatic carbocycles. The fourth-order valence-electron chi connectivity index (χ4n) is 3.18. The summed E-state index contributed by atoms with van der Waals surface area (Å²) in [6, 6.07) is 0.464. The molecule has 0 spiro atoms. The molecule has 1 aliphatic rings. The van der Waals surface area contributed by atoms with E-state index in [1.807, 2.05) is 19.6 Å². The number of aromatic nitrogens is 2. The van der Waals surface area contributed by atoms with Crippen molar-refractivity contribution >= 4 is 29.9 Å². The predicted octanol–water partition coefficient (Wildman–Crippen LogP) is 2.78. The monoisotopic (exact) mass is 449 g/mol. The van der Waals surface area contributed by atoms with Crippen LogP contribution in [0.2, 0.25) is 0 Å². The Balaban J connectivity index is 0.00000288. The number of ether oxygens (including phenoxy) is 1. The van der Waals surface area contributed by atoms with Gasteiger partial charge in [-0.1, -0.05) is 6.92 Å². The molecule has 1 N–H and O–H groups in total.